The van der Waals surface area contributed by atoms with Gasteiger partial charge in [-0.25, -0.2) is 4.39 Å². The topological polar surface area (TPSA) is 29.3 Å². The molecule has 0 heterocycles. The highest BCUT2D eigenvalue weighted by atomic mass is 19.1. The fourth-order valence-electron chi connectivity index (χ4n) is 2.29. The normalized spacial score (nSPS) is 11.1. The third-order valence-corrected chi connectivity index (χ3v) is 3.40. The van der Waals surface area contributed by atoms with Crippen LogP contribution in [-0.4, -0.2) is 11.9 Å². The van der Waals surface area contributed by atoms with Gasteiger partial charge in [0.2, 0.25) is 0 Å². The third-order valence-electron chi connectivity index (χ3n) is 3.40. The lowest BCUT2D eigenvalue weighted by Crippen LogP contribution is -2.19. The highest BCUT2D eigenvalue weighted by Gasteiger charge is 2.07. The number of benzene rings is 2. The minimum absolute atomic E-state index is 0.226. The van der Waals surface area contributed by atoms with Crippen LogP contribution in [0.5, 0.6) is 0 Å². The van der Waals surface area contributed by atoms with Crippen LogP contribution >= 0.6 is 0 Å². The van der Waals surface area contributed by atoms with Crippen molar-refractivity contribution in [1.82, 2.24) is 4.90 Å². The Morgan fingerprint density at radius 1 is 1.00 bits per heavy atom. The first-order valence-corrected chi connectivity index (χ1v) is 6.80. The molecule has 0 aliphatic rings. The predicted octanol–water partition coefficient (Wildman–Crippen LogP) is 3.22. The standard InChI is InChI=1S/C17H21FN2/c1-13-3-5-14(6-4-13)11-20(2)12-15-7-8-17(18)9-16(15)10-19/h3-9H,10-12,19H2,1-2H3. The quantitative estimate of drug-likeness (QED) is 0.905. The maximum absolute atomic E-state index is 13.2. The summed E-state index contributed by atoms with van der Waals surface area (Å²) in [4.78, 5) is 2.21. The number of hydrogen-bond donors (Lipinski definition) is 1. The van der Waals surface area contributed by atoms with Gasteiger partial charge in [0.1, 0.15) is 5.82 Å². The highest BCUT2D eigenvalue weighted by Crippen LogP contribution is 2.14. The van der Waals surface area contributed by atoms with Gasteiger partial charge in [-0.05, 0) is 42.8 Å². The molecule has 0 aromatic heterocycles. The number of nitrogens with two attached hydrogens (primary N) is 1. The van der Waals surface area contributed by atoms with Gasteiger partial charge in [0.25, 0.3) is 0 Å². The molecule has 0 aliphatic carbocycles. The summed E-state index contributed by atoms with van der Waals surface area (Å²) in [6.07, 6.45) is 0. The average Bonchev–Trinajstić information content (AvgIpc) is 2.43. The zero-order valence-electron chi connectivity index (χ0n) is 12.1. The molecule has 3 heteroatoms. The van der Waals surface area contributed by atoms with Gasteiger partial charge < -0.3 is 5.73 Å². The van der Waals surface area contributed by atoms with E-state index in [1.54, 1.807) is 0 Å². The number of aryl methyl sites for hydroxylation is 1. The van der Waals surface area contributed by atoms with Crippen LogP contribution in [0.2, 0.25) is 0 Å². The van der Waals surface area contributed by atoms with E-state index < -0.39 is 0 Å². The monoisotopic (exact) mass is 272 g/mol. The Hall–Kier alpha value is -1.71. The minimum atomic E-state index is -0.226. The molecule has 0 amide bonds. The van der Waals surface area contributed by atoms with Crippen LogP contribution in [0.1, 0.15) is 22.3 Å². The molecular weight excluding hydrogens is 251 g/mol. The lowest BCUT2D eigenvalue weighted by atomic mass is 10.1. The van der Waals surface area contributed by atoms with E-state index in [0.717, 1.165) is 24.2 Å². The predicted molar refractivity (Wildman–Crippen MR) is 80.6 cm³/mol. The second-order valence-electron chi connectivity index (χ2n) is 5.28. The fraction of sp³-hybridized carbons (Fsp3) is 0.294. The minimum Gasteiger partial charge on any atom is -0.326 e. The molecule has 2 nitrogen and oxygen atoms in total. The van der Waals surface area contributed by atoms with E-state index >= 15 is 0 Å². The molecule has 0 atom stereocenters. The molecule has 0 aliphatic heterocycles. The summed E-state index contributed by atoms with van der Waals surface area (Å²) in [5, 5.41) is 0. The van der Waals surface area contributed by atoms with Crippen molar-refractivity contribution in [2.75, 3.05) is 7.05 Å². The van der Waals surface area contributed by atoms with Gasteiger partial charge in [0, 0.05) is 19.6 Å². The summed E-state index contributed by atoms with van der Waals surface area (Å²) in [6.45, 7) is 4.08. The van der Waals surface area contributed by atoms with E-state index in [4.69, 9.17) is 5.73 Å². The number of halogens is 1. The fourth-order valence-corrected chi connectivity index (χ4v) is 2.29. The molecule has 0 saturated heterocycles. The Kier molecular flexibility index (Phi) is 4.88. The lowest BCUT2D eigenvalue weighted by Gasteiger charge is -2.19. The summed E-state index contributed by atoms with van der Waals surface area (Å²) in [6, 6.07) is 13.4. The molecule has 20 heavy (non-hydrogen) atoms. The van der Waals surface area contributed by atoms with Gasteiger partial charge in [-0.2, -0.15) is 0 Å². The molecule has 2 aromatic rings. The van der Waals surface area contributed by atoms with E-state index in [2.05, 4.69) is 43.1 Å². The number of hydrogen-bond acceptors (Lipinski definition) is 2. The summed E-state index contributed by atoms with van der Waals surface area (Å²) >= 11 is 0. The van der Waals surface area contributed by atoms with Crippen LogP contribution < -0.4 is 5.73 Å². The molecular formula is C17H21FN2. The van der Waals surface area contributed by atoms with Gasteiger partial charge in [0.05, 0.1) is 0 Å². The summed E-state index contributed by atoms with van der Waals surface area (Å²) in [5.74, 6) is -0.226. The Morgan fingerprint density at radius 2 is 1.70 bits per heavy atom. The zero-order valence-corrected chi connectivity index (χ0v) is 12.1. The van der Waals surface area contributed by atoms with Gasteiger partial charge in [0.15, 0.2) is 0 Å². The zero-order chi connectivity index (χ0) is 14.5. The Balaban J connectivity index is 2.04. The highest BCUT2D eigenvalue weighted by molar-refractivity contribution is 5.28. The maximum atomic E-state index is 13.2. The molecule has 0 fully saturated rings. The van der Waals surface area contributed by atoms with E-state index in [0.29, 0.717) is 6.54 Å². The molecule has 106 valence electrons. The van der Waals surface area contributed by atoms with Gasteiger partial charge in [-0.15, -0.1) is 0 Å². The molecule has 2 rings (SSSR count). The number of nitrogens with zero attached hydrogens (tertiary/aromatic N) is 1. The molecule has 2 aromatic carbocycles. The Bertz CT molecular complexity index is 564. The molecule has 2 N–H and O–H groups in total. The van der Waals surface area contributed by atoms with Crippen molar-refractivity contribution < 1.29 is 4.39 Å². The molecule has 0 saturated carbocycles. The second kappa shape index (κ2) is 6.64. The smallest absolute Gasteiger partial charge is 0.123 e. The van der Waals surface area contributed by atoms with Gasteiger partial charge in [-0.1, -0.05) is 35.9 Å². The van der Waals surface area contributed by atoms with Crippen molar-refractivity contribution in [2.24, 2.45) is 5.73 Å². The van der Waals surface area contributed by atoms with Crippen LogP contribution in [-0.2, 0) is 19.6 Å². The SMILES string of the molecule is Cc1ccc(CN(C)Cc2ccc(F)cc2CN)cc1. The van der Waals surface area contributed by atoms with E-state index in [1.165, 1.54) is 23.3 Å². The van der Waals surface area contributed by atoms with Crippen LogP contribution in [0.25, 0.3) is 0 Å². The Morgan fingerprint density at radius 3 is 2.35 bits per heavy atom. The lowest BCUT2D eigenvalue weighted by molar-refractivity contribution is 0.318. The van der Waals surface area contributed by atoms with E-state index in [-0.39, 0.29) is 5.82 Å². The first kappa shape index (κ1) is 14.7. The van der Waals surface area contributed by atoms with Crippen molar-refractivity contribution in [2.45, 2.75) is 26.6 Å². The third kappa shape index (κ3) is 3.89. The van der Waals surface area contributed by atoms with Gasteiger partial charge in [-0.3, -0.25) is 4.90 Å². The summed E-state index contributed by atoms with van der Waals surface area (Å²) < 4.78 is 13.2. The van der Waals surface area contributed by atoms with Crippen molar-refractivity contribution in [3.05, 3.63) is 70.5 Å². The van der Waals surface area contributed by atoms with Gasteiger partial charge >= 0.3 is 0 Å². The average molecular weight is 272 g/mol. The van der Waals surface area contributed by atoms with Crippen molar-refractivity contribution in [3.8, 4) is 0 Å². The largest absolute Gasteiger partial charge is 0.326 e. The summed E-state index contributed by atoms with van der Waals surface area (Å²) in [5.41, 5.74) is 10.2. The summed E-state index contributed by atoms with van der Waals surface area (Å²) in [7, 11) is 2.06. The molecule has 0 unspecified atom stereocenters. The van der Waals surface area contributed by atoms with Crippen LogP contribution in [0.4, 0.5) is 4.39 Å². The van der Waals surface area contributed by atoms with Crippen molar-refractivity contribution in [1.29, 1.82) is 0 Å². The number of rotatable bonds is 5. The maximum Gasteiger partial charge on any atom is 0.123 e. The van der Waals surface area contributed by atoms with E-state index in [1.807, 2.05) is 6.07 Å². The van der Waals surface area contributed by atoms with Crippen molar-refractivity contribution in [3.63, 3.8) is 0 Å². The van der Waals surface area contributed by atoms with E-state index in [9.17, 15) is 4.39 Å². The molecule has 0 bridgehead atoms. The second-order valence-corrected chi connectivity index (χ2v) is 5.28. The Labute approximate surface area is 120 Å². The molecule has 0 spiro atoms. The van der Waals surface area contributed by atoms with Crippen LogP contribution in [0.15, 0.2) is 42.5 Å². The van der Waals surface area contributed by atoms with Crippen LogP contribution in [0, 0.1) is 12.7 Å². The van der Waals surface area contributed by atoms with Crippen LogP contribution in [0.3, 0.4) is 0 Å². The first-order valence-electron chi connectivity index (χ1n) is 6.80. The van der Waals surface area contributed by atoms with Crippen molar-refractivity contribution >= 4 is 0 Å². The molecule has 0 radical (unpaired) electrons. The first-order chi connectivity index (χ1) is 9.58.